The van der Waals surface area contributed by atoms with Crippen molar-refractivity contribution in [3.8, 4) is 11.5 Å². The van der Waals surface area contributed by atoms with Gasteiger partial charge in [0.2, 0.25) is 0 Å². The first kappa shape index (κ1) is 16.3. The van der Waals surface area contributed by atoms with Crippen molar-refractivity contribution in [3.63, 3.8) is 0 Å². The Labute approximate surface area is 129 Å². The molecular weight excluding hydrogens is 288 g/mol. The molecule has 1 aromatic rings. The van der Waals surface area contributed by atoms with Crippen LogP contribution in [0.1, 0.15) is 30.1 Å². The molecule has 6 heteroatoms. The van der Waals surface area contributed by atoms with Gasteiger partial charge >= 0.3 is 5.97 Å². The Bertz CT molecular complexity index is 533. The number of methoxy groups -OCH3 is 1. The molecule has 1 aromatic carbocycles. The molecule has 0 aromatic heterocycles. The van der Waals surface area contributed by atoms with Crippen LogP contribution in [0.4, 0.5) is 0 Å². The maximum absolute atomic E-state index is 12.1. The van der Waals surface area contributed by atoms with Gasteiger partial charge in [0.1, 0.15) is 6.10 Å². The normalized spacial score (nSPS) is 15.2. The Kier molecular flexibility index (Phi) is 5.77. The molecular formula is C16H20O6. The Hall–Kier alpha value is -2.08. The van der Waals surface area contributed by atoms with E-state index in [0.29, 0.717) is 19.0 Å². The number of esters is 1. The summed E-state index contributed by atoms with van der Waals surface area (Å²) in [6.07, 6.45) is 1.56. The van der Waals surface area contributed by atoms with Gasteiger partial charge < -0.3 is 18.9 Å². The number of ketones is 1. The summed E-state index contributed by atoms with van der Waals surface area (Å²) in [6, 6.07) is 4.90. The molecule has 0 aliphatic carbocycles. The number of ether oxygens (including phenoxy) is 4. The molecule has 0 atom stereocenters. The average Bonchev–Trinajstić information content (AvgIpc) is 2.55. The molecule has 1 fully saturated rings. The van der Waals surface area contributed by atoms with Gasteiger partial charge in [-0.05, 0) is 19.1 Å². The molecule has 0 unspecified atom stereocenters. The van der Waals surface area contributed by atoms with Gasteiger partial charge in [0.05, 0.1) is 32.5 Å². The third kappa shape index (κ3) is 3.76. The fourth-order valence-electron chi connectivity index (χ4n) is 2.28. The van der Waals surface area contributed by atoms with E-state index < -0.39 is 11.8 Å². The van der Waals surface area contributed by atoms with Crippen LogP contribution in [0.15, 0.2) is 18.2 Å². The minimum absolute atomic E-state index is 0.00981. The first-order valence-corrected chi connectivity index (χ1v) is 7.30. The smallest absolute Gasteiger partial charge is 0.379 e. The number of Topliss-reactive ketones (excluding diaryl/α,β-unsaturated/α-hetero) is 1. The molecule has 0 radical (unpaired) electrons. The standard InChI is InChI=1S/C16H20O6/c1-3-21-16(18)14(17)12-5-4-6-13(15(12)19-2)22-11-7-9-20-10-8-11/h4-6,11H,3,7-10H2,1-2H3. The van der Waals surface area contributed by atoms with Crippen molar-refractivity contribution < 1.29 is 28.5 Å². The molecule has 0 spiro atoms. The summed E-state index contributed by atoms with van der Waals surface area (Å²) in [5.41, 5.74) is 0.144. The molecule has 22 heavy (non-hydrogen) atoms. The van der Waals surface area contributed by atoms with Crippen LogP contribution in [-0.4, -0.2) is 44.8 Å². The first-order chi connectivity index (χ1) is 10.7. The van der Waals surface area contributed by atoms with Gasteiger partial charge in [-0.2, -0.15) is 0 Å². The molecule has 0 amide bonds. The molecule has 1 aliphatic rings. The van der Waals surface area contributed by atoms with Gasteiger partial charge in [-0.25, -0.2) is 4.79 Å². The van der Waals surface area contributed by atoms with Crippen LogP contribution in [0.5, 0.6) is 11.5 Å². The largest absolute Gasteiger partial charge is 0.492 e. The maximum Gasteiger partial charge on any atom is 0.379 e. The first-order valence-electron chi connectivity index (χ1n) is 7.30. The van der Waals surface area contributed by atoms with Gasteiger partial charge in [0.15, 0.2) is 11.5 Å². The van der Waals surface area contributed by atoms with Gasteiger partial charge in [0.25, 0.3) is 5.78 Å². The monoisotopic (exact) mass is 308 g/mol. The van der Waals surface area contributed by atoms with E-state index in [1.54, 1.807) is 19.1 Å². The number of hydrogen-bond acceptors (Lipinski definition) is 6. The number of benzene rings is 1. The minimum atomic E-state index is -0.899. The van der Waals surface area contributed by atoms with Crippen LogP contribution in [-0.2, 0) is 14.3 Å². The van der Waals surface area contributed by atoms with Crippen molar-refractivity contribution in [3.05, 3.63) is 23.8 Å². The molecule has 0 N–H and O–H groups in total. The summed E-state index contributed by atoms with van der Waals surface area (Å²) in [7, 11) is 1.44. The highest BCUT2D eigenvalue weighted by atomic mass is 16.5. The molecule has 1 aliphatic heterocycles. The lowest BCUT2D eigenvalue weighted by Gasteiger charge is -2.24. The zero-order chi connectivity index (χ0) is 15.9. The second-order valence-corrected chi connectivity index (χ2v) is 4.82. The Morgan fingerprint density at radius 3 is 2.64 bits per heavy atom. The fourth-order valence-corrected chi connectivity index (χ4v) is 2.28. The molecule has 0 saturated carbocycles. The van der Waals surface area contributed by atoms with Gasteiger partial charge in [-0.15, -0.1) is 0 Å². The predicted octanol–water partition coefficient (Wildman–Crippen LogP) is 2.00. The van der Waals surface area contributed by atoms with E-state index in [9.17, 15) is 9.59 Å². The Morgan fingerprint density at radius 1 is 1.27 bits per heavy atom. The Morgan fingerprint density at radius 2 is 2.00 bits per heavy atom. The summed E-state index contributed by atoms with van der Waals surface area (Å²) < 4.78 is 21.2. The predicted molar refractivity (Wildman–Crippen MR) is 78.4 cm³/mol. The maximum atomic E-state index is 12.1. The second kappa shape index (κ2) is 7.79. The third-order valence-corrected chi connectivity index (χ3v) is 3.35. The second-order valence-electron chi connectivity index (χ2n) is 4.82. The van der Waals surface area contributed by atoms with E-state index >= 15 is 0 Å². The number of carbonyl (C=O) groups excluding carboxylic acids is 2. The summed E-state index contributed by atoms with van der Waals surface area (Å²) in [6.45, 7) is 3.08. The summed E-state index contributed by atoms with van der Waals surface area (Å²) in [5, 5.41) is 0. The average molecular weight is 308 g/mol. The van der Waals surface area contributed by atoms with E-state index in [-0.39, 0.29) is 24.0 Å². The minimum Gasteiger partial charge on any atom is -0.492 e. The SMILES string of the molecule is CCOC(=O)C(=O)c1cccc(OC2CCOCC2)c1OC. The van der Waals surface area contributed by atoms with Crippen LogP contribution in [0.25, 0.3) is 0 Å². The highest BCUT2D eigenvalue weighted by Crippen LogP contribution is 2.33. The van der Waals surface area contributed by atoms with Gasteiger partial charge in [0, 0.05) is 12.8 Å². The molecule has 1 heterocycles. The molecule has 1 saturated heterocycles. The van der Waals surface area contributed by atoms with Crippen LogP contribution in [0.2, 0.25) is 0 Å². The van der Waals surface area contributed by atoms with Crippen molar-refractivity contribution >= 4 is 11.8 Å². The zero-order valence-corrected chi connectivity index (χ0v) is 12.8. The van der Waals surface area contributed by atoms with Crippen molar-refractivity contribution in [2.45, 2.75) is 25.9 Å². The van der Waals surface area contributed by atoms with Crippen molar-refractivity contribution in [2.24, 2.45) is 0 Å². The van der Waals surface area contributed by atoms with Crippen molar-refractivity contribution in [1.29, 1.82) is 0 Å². The third-order valence-electron chi connectivity index (χ3n) is 3.35. The van der Waals surface area contributed by atoms with E-state index in [1.165, 1.54) is 13.2 Å². The highest BCUT2D eigenvalue weighted by Gasteiger charge is 2.25. The quantitative estimate of drug-likeness (QED) is 0.455. The number of hydrogen-bond donors (Lipinski definition) is 0. The lowest BCUT2D eigenvalue weighted by atomic mass is 10.1. The lowest BCUT2D eigenvalue weighted by molar-refractivity contribution is -0.137. The molecule has 120 valence electrons. The Balaban J connectivity index is 2.22. The highest BCUT2D eigenvalue weighted by molar-refractivity contribution is 6.41. The van der Waals surface area contributed by atoms with Gasteiger partial charge in [-0.3, -0.25) is 4.79 Å². The molecule has 6 nitrogen and oxygen atoms in total. The van der Waals surface area contributed by atoms with Gasteiger partial charge in [-0.1, -0.05) is 6.07 Å². The number of carbonyl (C=O) groups is 2. The zero-order valence-electron chi connectivity index (χ0n) is 12.8. The van der Waals surface area contributed by atoms with Crippen LogP contribution in [0.3, 0.4) is 0 Å². The fraction of sp³-hybridized carbons (Fsp3) is 0.500. The number of para-hydroxylation sites is 1. The van der Waals surface area contributed by atoms with Crippen molar-refractivity contribution in [1.82, 2.24) is 0 Å². The van der Waals surface area contributed by atoms with E-state index in [1.807, 2.05) is 0 Å². The topological polar surface area (TPSA) is 71.1 Å². The summed E-state index contributed by atoms with van der Waals surface area (Å²) in [5.74, 6) is -0.934. The van der Waals surface area contributed by atoms with E-state index in [0.717, 1.165) is 12.8 Å². The molecule has 0 bridgehead atoms. The van der Waals surface area contributed by atoms with E-state index in [4.69, 9.17) is 18.9 Å². The lowest BCUT2D eigenvalue weighted by Crippen LogP contribution is -2.26. The van der Waals surface area contributed by atoms with Crippen LogP contribution >= 0.6 is 0 Å². The number of rotatable bonds is 6. The van der Waals surface area contributed by atoms with Crippen molar-refractivity contribution in [2.75, 3.05) is 26.9 Å². The van der Waals surface area contributed by atoms with E-state index in [2.05, 4.69) is 0 Å². The van der Waals surface area contributed by atoms with Crippen LogP contribution < -0.4 is 9.47 Å². The summed E-state index contributed by atoms with van der Waals surface area (Å²) >= 11 is 0. The van der Waals surface area contributed by atoms with Crippen LogP contribution in [0, 0.1) is 0 Å². The molecule has 2 rings (SSSR count). The summed E-state index contributed by atoms with van der Waals surface area (Å²) in [4.78, 5) is 23.8.